The first kappa shape index (κ1) is 25.2. The molecule has 3 heterocycles. The van der Waals surface area contributed by atoms with Gasteiger partial charge in [0.05, 0.1) is 23.4 Å². The lowest BCUT2D eigenvalue weighted by molar-refractivity contribution is -0.129. The Morgan fingerprint density at radius 2 is 1.86 bits per heavy atom. The largest absolute Gasteiger partial charge is 0.351 e. The third-order valence-electron chi connectivity index (χ3n) is 6.59. The summed E-state index contributed by atoms with van der Waals surface area (Å²) in [5.41, 5.74) is 4.77. The lowest BCUT2D eigenvalue weighted by Crippen LogP contribution is -2.34. The van der Waals surface area contributed by atoms with Gasteiger partial charge < -0.3 is 10.2 Å². The fourth-order valence-electron chi connectivity index (χ4n) is 4.50. The average molecular weight is 533 g/mol. The van der Waals surface area contributed by atoms with E-state index in [9.17, 15) is 14.4 Å². The monoisotopic (exact) mass is 532 g/mol. The van der Waals surface area contributed by atoms with Gasteiger partial charge in [0.1, 0.15) is 4.83 Å². The lowest BCUT2D eigenvalue weighted by atomic mass is 10.1. The zero-order chi connectivity index (χ0) is 26.1. The summed E-state index contributed by atoms with van der Waals surface area (Å²) >= 11 is 2.73. The second kappa shape index (κ2) is 10.5. The van der Waals surface area contributed by atoms with E-state index >= 15 is 0 Å². The number of thioether (sulfide) groups is 1. The van der Waals surface area contributed by atoms with Crippen LogP contribution in [-0.2, 0) is 29.1 Å². The van der Waals surface area contributed by atoms with Gasteiger partial charge >= 0.3 is 0 Å². The van der Waals surface area contributed by atoms with E-state index < -0.39 is 0 Å². The zero-order valence-electron chi connectivity index (χ0n) is 21.0. The van der Waals surface area contributed by atoms with Gasteiger partial charge in [-0.3, -0.25) is 19.0 Å². The summed E-state index contributed by atoms with van der Waals surface area (Å²) in [6, 6.07) is 15.7. The number of hydrogen-bond acceptors (Lipinski definition) is 6. The Labute approximate surface area is 223 Å². The third-order valence-corrected chi connectivity index (χ3v) is 8.64. The molecule has 0 saturated carbocycles. The van der Waals surface area contributed by atoms with Crippen LogP contribution >= 0.6 is 23.1 Å². The van der Waals surface area contributed by atoms with Crippen LogP contribution in [0.15, 0.2) is 58.5 Å². The summed E-state index contributed by atoms with van der Waals surface area (Å²) in [4.78, 5) is 47.0. The second-order valence-electron chi connectivity index (χ2n) is 9.25. The Morgan fingerprint density at radius 3 is 2.59 bits per heavy atom. The van der Waals surface area contributed by atoms with E-state index in [-0.39, 0.29) is 23.1 Å². The number of nitrogens with one attached hydrogen (secondary N) is 1. The topological polar surface area (TPSA) is 84.3 Å². The van der Waals surface area contributed by atoms with Crippen molar-refractivity contribution in [1.29, 1.82) is 0 Å². The molecule has 0 unspecified atom stereocenters. The van der Waals surface area contributed by atoms with Crippen molar-refractivity contribution in [1.82, 2.24) is 19.8 Å². The highest BCUT2D eigenvalue weighted by Gasteiger charge is 2.27. The van der Waals surface area contributed by atoms with Gasteiger partial charge in [0.15, 0.2) is 5.16 Å². The number of aryl methyl sites for hydroxylation is 2. The average Bonchev–Trinajstić information content (AvgIpc) is 3.25. The fraction of sp³-hybridized carbons (Fsp3) is 0.286. The Balaban J connectivity index is 1.48. The molecule has 0 fully saturated rings. The predicted octanol–water partition coefficient (Wildman–Crippen LogP) is 4.38. The molecule has 1 N–H and O–H groups in total. The molecule has 2 aromatic heterocycles. The number of thiophene rings is 1. The number of rotatable bonds is 6. The molecule has 0 aliphatic carbocycles. The van der Waals surface area contributed by atoms with Crippen molar-refractivity contribution >= 4 is 45.1 Å². The highest BCUT2D eigenvalue weighted by atomic mass is 32.2. The molecule has 37 heavy (non-hydrogen) atoms. The van der Waals surface area contributed by atoms with Crippen LogP contribution in [0.2, 0.25) is 0 Å². The normalized spacial score (nSPS) is 13.0. The summed E-state index contributed by atoms with van der Waals surface area (Å²) in [5.74, 6) is 0.0407. The summed E-state index contributed by atoms with van der Waals surface area (Å²) in [6.07, 6.45) is 0.632. The molecule has 190 valence electrons. The van der Waals surface area contributed by atoms with Crippen molar-refractivity contribution < 1.29 is 9.59 Å². The maximum Gasteiger partial charge on any atom is 0.267 e. The first-order valence-corrected chi connectivity index (χ1v) is 14.0. The van der Waals surface area contributed by atoms with Crippen molar-refractivity contribution in [3.8, 4) is 5.69 Å². The van der Waals surface area contributed by atoms with Crippen LogP contribution in [0.25, 0.3) is 15.9 Å². The van der Waals surface area contributed by atoms with E-state index in [2.05, 4.69) is 5.32 Å². The van der Waals surface area contributed by atoms with E-state index in [0.717, 1.165) is 27.3 Å². The zero-order valence-corrected chi connectivity index (χ0v) is 22.7. The Kier molecular flexibility index (Phi) is 7.17. The van der Waals surface area contributed by atoms with Crippen LogP contribution in [0.1, 0.15) is 34.1 Å². The number of hydrogen-bond donors (Lipinski definition) is 1. The van der Waals surface area contributed by atoms with E-state index in [1.807, 2.05) is 62.4 Å². The van der Waals surface area contributed by atoms with Crippen molar-refractivity contribution in [3.63, 3.8) is 0 Å². The summed E-state index contributed by atoms with van der Waals surface area (Å²) < 4.78 is 1.64. The number of benzene rings is 2. The maximum atomic E-state index is 14.0. The number of para-hydroxylation sites is 1. The Morgan fingerprint density at radius 1 is 1.11 bits per heavy atom. The number of carbonyl (C=O) groups excluding carboxylic acids is 2. The second-order valence-corrected chi connectivity index (χ2v) is 11.3. The first-order chi connectivity index (χ1) is 17.8. The number of nitrogens with zero attached hydrogens (tertiary/aromatic N) is 3. The van der Waals surface area contributed by atoms with Crippen molar-refractivity contribution in [2.24, 2.45) is 0 Å². The molecular formula is C28H28N4O3S2. The summed E-state index contributed by atoms with van der Waals surface area (Å²) in [7, 11) is 0. The third kappa shape index (κ3) is 5.19. The molecule has 7 nitrogen and oxygen atoms in total. The van der Waals surface area contributed by atoms with E-state index in [1.165, 1.54) is 28.7 Å². The molecule has 9 heteroatoms. The van der Waals surface area contributed by atoms with Gasteiger partial charge in [0.2, 0.25) is 11.8 Å². The van der Waals surface area contributed by atoms with Gasteiger partial charge in [-0.15, -0.1) is 11.3 Å². The summed E-state index contributed by atoms with van der Waals surface area (Å²) in [6.45, 7) is 7.10. The SMILES string of the molecule is CC(=O)N1CCc2c(sc3nc(SCC(=O)NCc4ccc(C)cc4)n(-c4ccccc4C)c(=O)c23)C1. The molecule has 0 spiro atoms. The minimum Gasteiger partial charge on any atom is -0.351 e. The first-order valence-electron chi connectivity index (χ1n) is 12.2. The Bertz CT molecular complexity index is 1560. The van der Waals surface area contributed by atoms with Crippen LogP contribution in [0.5, 0.6) is 0 Å². The minimum absolute atomic E-state index is 0.0290. The Hall–Kier alpha value is -3.43. The maximum absolute atomic E-state index is 14.0. The van der Waals surface area contributed by atoms with Gasteiger partial charge in [-0.1, -0.05) is 59.8 Å². The lowest BCUT2D eigenvalue weighted by Gasteiger charge is -2.25. The molecule has 4 aromatic rings. The molecule has 1 aliphatic rings. The van der Waals surface area contributed by atoms with Crippen LogP contribution in [-0.4, -0.2) is 38.6 Å². The van der Waals surface area contributed by atoms with Crippen LogP contribution in [0.3, 0.4) is 0 Å². The molecule has 0 atom stereocenters. The van der Waals surface area contributed by atoms with Gasteiger partial charge in [0.25, 0.3) is 5.56 Å². The quantitative estimate of drug-likeness (QED) is 0.294. The number of amides is 2. The summed E-state index contributed by atoms with van der Waals surface area (Å²) in [5, 5.41) is 4.07. The fourth-order valence-corrected chi connectivity index (χ4v) is 6.62. The molecular weight excluding hydrogens is 504 g/mol. The van der Waals surface area contributed by atoms with Crippen molar-refractivity contribution in [2.45, 2.75) is 45.4 Å². The molecule has 0 saturated heterocycles. The molecule has 2 amide bonds. The van der Waals surface area contributed by atoms with Gasteiger partial charge in [-0.2, -0.15) is 0 Å². The molecule has 2 aromatic carbocycles. The van der Waals surface area contributed by atoms with Gasteiger partial charge in [-0.05, 0) is 43.0 Å². The predicted molar refractivity (Wildman–Crippen MR) is 148 cm³/mol. The standard InChI is InChI=1S/C28H28N4O3S2/c1-17-8-10-20(11-9-17)14-29-24(34)16-36-28-30-26-25(21-12-13-31(19(3)33)15-23(21)37-26)27(35)32(28)22-7-5-4-6-18(22)2/h4-11H,12-16H2,1-3H3,(H,29,34). The molecule has 0 radical (unpaired) electrons. The van der Waals surface area contributed by atoms with Crippen molar-refractivity contribution in [3.05, 3.63) is 86.0 Å². The smallest absolute Gasteiger partial charge is 0.267 e. The minimum atomic E-state index is -0.129. The van der Waals surface area contributed by atoms with E-state index in [4.69, 9.17) is 4.98 Å². The van der Waals surface area contributed by atoms with Crippen LogP contribution in [0.4, 0.5) is 0 Å². The number of aromatic nitrogens is 2. The molecule has 1 aliphatic heterocycles. The van der Waals surface area contributed by atoms with Crippen LogP contribution in [0, 0.1) is 13.8 Å². The van der Waals surface area contributed by atoms with E-state index in [1.54, 1.807) is 16.4 Å². The van der Waals surface area contributed by atoms with Crippen LogP contribution < -0.4 is 10.9 Å². The highest BCUT2D eigenvalue weighted by molar-refractivity contribution is 7.99. The number of fused-ring (bicyclic) bond motifs is 3. The highest BCUT2D eigenvalue weighted by Crippen LogP contribution is 2.34. The van der Waals surface area contributed by atoms with Crippen molar-refractivity contribution in [2.75, 3.05) is 12.3 Å². The van der Waals surface area contributed by atoms with E-state index in [0.29, 0.717) is 41.4 Å². The number of carbonyl (C=O) groups is 2. The van der Waals surface area contributed by atoms with Gasteiger partial charge in [0, 0.05) is 24.9 Å². The molecule has 0 bridgehead atoms. The molecule has 5 rings (SSSR count). The van der Waals surface area contributed by atoms with Gasteiger partial charge in [-0.25, -0.2) is 4.98 Å².